The molecule has 8 heteroatoms. The van der Waals surface area contributed by atoms with Gasteiger partial charge >= 0.3 is 5.63 Å². The molecule has 0 aliphatic carbocycles. The number of rotatable bonds is 3. The summed E-state index contributed by atoms with van der Waals surface area (Å²) in [5.74, 6) is 0.835. The average molecular weight is 426 g/mol. The lowest BCUT2D eigenvalue weighted by atomic mass is 9.88. The molecular weight excluding hydrogens is 410 g/mol. The molecule has 3 heterocycles. The molecule has 2 aliphatic rings. The molecule has 2 atom stereocenters. The van der Waals surface area contributed by atoms with E-state index in [1.54, 1.807) is 55.5 Å². The van der Waals surface area contributed by atoms with Gasteiger partial charge in [-0.3, -0.25) is 4.79 Å². The molecule has 0 fully saturated rings. The molecule has 0 radical (unpaired) electrons. The van der Waals surface area contributed by atoms with Gasteiger partial charge in [0, 0.05) is 16.8 Å². The molecule has 5 rings (SSSR count). The van der Waals surface area contributed by atoms with Crippen molar-refractivity contribution in [3.8, 4) is 17.2 Å². The highest BCUT2D eigenvalue weighted by molar-refractivity contribution is 6.30. The van der Waals surface area contributed by atoms with Gasteiger partial charge in [-0.15, -0.1) is 0 Å². The number of carbonyl (C=O) groups excluding carboxylic acids is 1. The Morgan fingerprint density at radius 2 is 1.80 bits per heavy atom. The third-order valence-electron chi connectivity index (χ3n) is 5.07. The quantitative estimate of drug-likeness (QED) is 0.685. The predicted octanol–water partition coefficient (Wildman–Crippen LogP) is 3.86. The minimum Gasteiger partial charge on any atom is -0.479 e. The van der Waals surface area contributed by atoms with Crippen LogP contribution in [0.3, 0.4) is 0 Å². The van der Waals surface area contributed by atoms with E-state index in [0.29, 0.717) is 44.8 Å². The van der Waals surface area contributed by atoms with Gasteiger partial charge in [-0.25, -0.2) is 4.79 Å². The topological polar surface area (TPSA) is 87.0 Å². The molecule has 152 valence electrons. The summed E-state index contributed by atoms with van der Waals surface area (Å²) in [4.78, 5) is 25.8. The van der Waals surface area contributed by atoms with Crippen molar-refractivity contribution in [1.29, 1.82) is 0 Å². The fraction of sp³-hybridized carbons (Fsp3) is 0.182. The molecule has 30 heavy (non-hydrogen) atoms. The lowest BCUT2D eigenvalue weighted by Crippen LogP contribution is -2.35. The molecule has 1 N–H and O–H groups in total. The highest BCUT2D eigenvalue weighted by Crippen LogP contribution is 2.44. The number of halogens is 1. The molecule has 3 aromatic rings. The average Bonchev–Trinajstić information content (AvgIpc) is 3.33. The van der Waals surface area contributed by atoms with E-state index in [-0.39, 0.29) is 6.79 Å². The number of anilines is 1. The molecule has 7 nitrogen and oxygen atoms in total. The summed E-state index contributed by atoms with van der Waals surface area (Å²) in [5.41, 5.74) is 1.02. The van der Waals surface area contributed by atoms with Gasteiger partial charge in [-0.05, 0) is 48.9 Å². The fourth-order valence-electron chi connectivity index (χ4n) is 3.73. The first-order valence-electron chi connectivity index (χ1n) is 9.27. The van der Waals surface area contributed by atoms with E-state index in [0.717, 1.165) is 0 Å². The number of hydrogen-bond acceptors (Lipinski definition) is 6. The Hall–Kier alpha value is -3.45. The summed E-state index contributed by atoms with van der Waals surface area (Å²) in [6, 6.07) is 13.6. The number of hydrogen-bond donors (Lipinski definition) is 1. The number of nitrogens with one attached hydrogen (secondary N) is 1. The van der Waals surface area contributed by atoms with Crippen molar-refractivity contribution in [2.45, 2.75) is 18.9 Å². The Bertz CT molecular complexity index is 1200. The minimum atomic E-state index is -0.972. The Kier molecular flexibility index (Phi) is 4.40. The maximum atomic E-state index is 13.1. The fourth-order valence-corrected chi connectivity index (χ4v) is 3.85. The third-order valence-corrected chi connectivity index (χ3v) is 5.32. The molecule has 1 aromatic heterocycles. The van der Waals surface area contributed by atoms with Gasteiger partial charge in [-0.2, -0.15) is 0 Å². The smallest absolute Gasteiger partial charge is 0.343 e. The molecule has 0 bridgehead atoms. The van der Waals surface area contributed by atoms with Gasteiger partial charge in [0.15, 0.2) is 17.6 Å². The molecule has 1 amide bonds. The van der Waals surface area contributed by atoms with E-state index in [1.807, 2.05) is 0 Å². The first-order valence-corrected chi connectivity index (χ1v) is 9.64. The zero-order valence-corrected chi connectivity index (χ0v) is 16.6. The molecular formula is C22H16ClNO6. The number of aryl methyl sites for hydroxylation is 1. The summed E-state index contributed by atoms with van der Waals surface area (Å²) in [7, 11) is 0. The summed E-state index contributed by atoms with van der Waals surface area (Å²) in [5, 5.41) is 3.38. The maximum Gasteiger partial charge on any atom is 0.343 e. The zero-order valence-electron chi connectivity index (χ0n) is 15.8. The lowest BCUT2D eigenvalue weighted by Gasteiger charge is -2.19. The van der Waals surface area contributed by atoms with Crippen LogP contribution in [-0.4, -0.2) is 18.8 Å². The summed E-state index contributed by atoms with van der Waals surface area (Å²) >= 11 is 5.91. The molecule has 2 aliphatic heterocycles. The largest absolute Gasteiger partial charge is 0.479 e. The minimum absolute atomic E-state index is 0.123. The Labute approximate surface area is 176 Å². The zero-order chi connectivity index (χ0) is 20.8. The Balaban J connectivity index is 1.55. The van der Waals surface area contributed by atoms with Crippen LogP contribution in [0.5, 0.6) is 17.2 Å². The van der Waals surface area contributed by atoms with Gasteiger partial charge in [0.25, 0.3) is 5.91 Å². The van der Waals surface area contributed by atoms with E-state index in [9.17, 15) is 9.59 Å². The van der Waals surface area contributed by atoms with E-state index in [2.05, 4.69) is 5.32 Å². The highest BCUT2D eigenvalue weighted by Gasteiger charge is 2.43. The second-order valence-corrected chi connectivity index (χ2v) is 7.48. The van der Waals surface area contributed by atoms with Crippen molar-refractivity contribution in [3.63, 3.8) is 0 Å². The van der Waals surface area contributed by atoms with Crippen LogP contribution in [0.2, 0.25) is 5.02 Å². The van der Waals surface area contributed by atoms with Crippen molar-refractivity contribution in [2.75, 3.05) is 12.1 Å². The predicted molar refractivity (Wildman–Crippen MR) is 109 cm³/mol. The monoisotopic (exact) mass is 425 g/mol. The van der Waals surface area contributed by atoms with Crippen LogP contribution in [0.25, 0.3) is 0 Å². The standard InChI is InChI=1S/C22H16ClNO6/c1-11-8-17-19(22(26)29-11)18(12-2-7-15-16(9-12)28-10-27-15)20(30-17)21(25)24-14-5-3-13(23)4-6-14/h2-9,18,20H,10H2,1H3,(H,24,25)/t18-,20-/m0/s1. The van der Waals surface area contributed by atoms with Crippen LogP contribution in [0.4, 0.5) is 5.69 Å². The Morgan fingerprint density at radius 1 is 1.03 bits per heavy atom. The van der Waals surface area contributed by atoms with Gasteiger partial charge in [0.2, 0.25) is 6.79 Å². The first kappa shape index (κ1) is 18.6. The van der Waals surface area contributed by atoms with Crippen LogP contribution in [-0.2, 0) is 4.79 Å². The lowest BCUT2D eigenvalue weighted by molar-refractivity contribution is -0.122. The van der Waals surface area contributed by atoms with Crippen LogP contribution in [0.1, 0.15) is 22.8 Å². The second kappa shape index (κ2) is 7.11. The normalized spacial score (nSPS) is 18.6. The van der Waals surface area contributed by atoms with E-state index < -0.39 is 23.6 Å². The van der Waals surface area contributed by atoms with Crippen LogP contribution >= 0.6 is 11.6 Å². The van der Waals surface area contributed by atoms with E-state index in [4.69, 9.17) is 30.2 Å². The van der Waals surface area contributed by atoms with Crippen molar-refractivity contribution in [1.82, 2.24) is 0 Å². The highest BCUT2D eigenvalue weighted by atomic mass is 35.5. The van der Waals surface area contributed by atoms with E-state index >= 15 is 0 Å². The van der Waals surface area contributed by atoms with E-state index in [1.165, 1.54) is 0 Å². The number of amides is 1. The van der Waals surface area contributed by atoms with Crippen molar-refractivity contribution >= 4 is 23.2 Å². The summed E-state index contributed by atoms with van der Waals surface area (Å²) in [6.45, 7) is 1.78. The van der Waals surface area contributed by atoms with Gasteiger partial charge in [0.05, 0.1) is 11.5 Å². The van der Waals surface area contributed by atoms with Gasteiger partial charge in [0.1, 0.15) is 11.5 Å². The molecule has 0 saturated carbocycles. The Morgan fingerprint density at radius 3 is 2.60 bits per heavy atom. The number of benzene rings is 2. The molecule has 0 spiro atoms. The van der Waals surface area contributed by atoms with Gasteiger partial charge < -0.3 is 23.9 Å². The summed E-state index contributed by atoms with van der Waals surface area (Å²) < 4.78 is 22.1. The first-order chi connectivity index (χ1) is 14.5. The molecule has 0 unspecified atom stereocenters. The number of fused-ring (bicyclic) bond motifs is 2. The SMILES string of the molecule is Cc1cc2c(c(=O)o1)[C@H](c1ccc3c(c1)OCO3)[C@@H](C(=O)Nc1ccc(Cl)cc1)O2. The van der Waals surface area contributed by atoms with Crippen LogP contribution < -0.4 is 25.2 Å². The summed E-state index contributed by atoms with van der Waals surface area (Å²) in [6.07, 6.45) is -0.972. The van der Waals surface area contributed by atoms with Gasteiger partial charge in [-0.1, -0.05) is 17.7 Å². The van der Waals surface area contributed by atoms with Crippen molar-refractivity contribution in [3.05, 3.63) is 80.9 Å². The van der Waals surface area contributed by atoms with Crippen LogP contribution in [0, 0.1) is 6.92 Å². The van der Waals surface area contributed by atoms with Crippen LogP contribution in [0.15, 0.2) is 57.7 Å². The van der Waals surface area contributed by atoms with Crippen molar-refractivity contribution < 1.29 is 23.4 Å². The number of ether oxygens (including phenoxy) is 3. The maximum absolute atomic E-state index is 13.1. The second-order valence-electron chi connectivity index (χ2n) is 7.05. The molecule has 0 saturated heterocycles. The molecule has 2 aromatic carbocycles. The number of carbonyl (C=O) groups is 1. The third kappa shape index (κ3) is 3.17. The van der Waals surface area contributed by atoms with Crippen molar-refractivity contribution in [2.24, 2.45) is 0 Å².